The van der Waals surface area contributed by atoms with Crippen molar-refractivity contribution in [1.82, 2.24) is 6.15 Å². The molecule has 0 fully saturated rings. The SMILES string of the molecule is O=C[O-].O=C[O-].O=C[O-].O=C[O-].O=C[O-].O=C[O-].[NH4+].[V+5]. The Morgan fingerprint density at radius 1 is 0.400 bits per heavy atom. The predicted molar refractivity (Wildman–Crippen MR) is 42.4 cm³/mol. The van der Waals surface area contributed by atoms with E-state index in [2.05, 4.69) is 0 Å². The Hall–Kier alpha value is -2.64. The smallest absolute Gasteiger partial charge is 0.554 e. The van der Waals surface area contributed by atoms with Gasteiger partial charge in [0.15, 0.2) is 0 Å². The van der Waals surface area contributed by atoms with Crippen molar-refractivity contribution in [3.05, 3.63) is 0 Å². The first-order chi connectivity index (χ1) is 8.49. The summed E-state index contributed by atoms with van der Waals surface area (Å²) in [5.41, 5.74) is 0. The molecule has 4 N–H and O–H groups in total. The number of carbonyl (C=O) groups excluding carboxylic acids is 6. The largest absolute Gasteiger partial charge is 5.00 e. The summed E-state index contributed by atoms with van der Waals surface area (Å²) in [6.07, 6.45) is 0. The van der Waals surface area contributed by atoms with Crippen molar-refractivity contribution >= 4 is 38.8 Å². The standard InChI is InChI=1S/6CH2O2.H3N.V/c6*2-1-3;;/h6*1H,(H,2,3);1H3;/q;;;;;;;+5/p-5. The Morgan fingerprint density at radius 3 is 0.400 bits per heavy atom. The van der Waals surface area contributed by atoms with Crippen LogP contribution in [0.5, 0.6) is 0 Å². The molecule has 116 valence electrons. The minimum absolute atomic E-state index is 0. The number of carbonyl (C=O) groups is 6. The summed E-state index contributed by atoms with van der Waals surface area (Å²) in [4.78, 5) is 49.5. The monoisotopic (exact) mass is 339 g/mol. The summed E-state index contributed by atoms with van der Waals surface area (Å²) >= 11 is 0. The van der Waals surface area contributed by atoms with Gasteiger partial charge in [0.25, 0.3) is 0 Å². The van der Waals surface area contributed by atoms with Crippen LogP contribution in [-0.2, 0) is 47.3 Å². The molecule has 0 aromatic rings. The van der Waals surface area contributed by atoms with Crippen LogP contribution >= 0.6 is 0 Å². The first-order valence-electron chi connectivity index (χ1n) is 2.83. The van der Waals surface area contributed by atoms with Crippen LogP contribution in [0, 0.1) is 0 Å². The van der Waals surface area contributed by atoms with Crippen LogP contribution in [0.3, 0.4) is 0 Å². The third-order valence-electron chi connectivity index (χ3n) is 0. The second-order valence-electron chi connectivity index (χ2n) is 0.577. The van der Waals surface area contributed by atoms with Gasteiger partial charge >= 0.3 is 18.6 Å². The van der Waals surface area contributed by atoms with Gasteiger partial charge in [-0.05, 0) is 0 Å². The number of rotatable bonds is 0. The van der Waals surface area contributed by atoms with Crippen molar-refractivity contribution in [2.45, 2.75) is 0 Å². The van der Waals surface area contributed by atoms with Crippen LogP contribution in [0.25, 0.3) is 0 Å². The van der Waals surface area contributed by atoms with Crippen LogP contribution in [0.4, 0.5) is 0 Å². The van der Waals surface area contributed by atoms with Crippen LogP contribution in [0.15, 0.2) is 0 Å². The van der Waals surface area contributed by atoms with Gasteiger partial charge in [-0.1, -0.05) is 0 Å². The molecule has 0 amide bonds. The van der Waals surface area contributed by atoms with Crippen LogP contribution in [-0.4, -0.2) is 38.8 Å². The molecule has 0 unspecified atom stereocenters. The van der Waals surface area contributed by atoms with Gasteiger partial charge in [0.05, 0.1) is 0 Å². The molecule has 0 aliphatic heterocycles. The van der Waals surface area contributed by atoms with Gasteiger partial charge in [-0.2, -0.15) is 0 Å². The summed E-state index contributed by atoms with van der Waals surface area (Å²) in [6, 6.07) is 0. The fraction of sp³-hybridized carbons (Fsp3) is 0. The Bertz CT molecular complexity index is 119. The second kappa shape index (κ2) is 341. The van der Waals surface area contributed by atoms with Crippen molar-refractivity contribution in [2.24, 2.45) is 0 Å². The minimum atomic E-state index is -0.500. The predicted octanol–water partition coefficient (Wildman–Crippen LogP) is -9.43. The molecule has 0 aromatic carbocycles. The number of carboxylic acid groups (broad SMARTS) is 6. The number of quaternary nitrogens is 1. The zero-order valence-corrected chi connectivity index (χ0v) is 11.2. The molecule has 0 saturated heterocycles. The summed E-state index contributed by atoms with van der Waals surface area (Å²) in [6.45, 7) is -3.00. The van der Waals surface area contributed by atoms with Crippen LogP contribution < -0.4 is 36.8 Å². The summed E-state index contributed by atoms with van der Waals surface area (Å²) in [7, 11) is 0. The van der Waals surface area contributed by atoms with E-state index in [4.69, 9.17) is 59.4 Å². The van der Waals surface area contributed by atoms with Gasteiger partial charge in [-0.15, -0.1) is 0 Å². The van der Waals surface area contributed by atoms with Crippen molar-refractivity contribution in [3.8, 4) is 0 Å². The molecule has 0 radical (unpaired) electrons. The molecule has 0 aliphatic carbocycles. The third-order valence-corrected chi connectivity index (χ3v) is 0. The van der Waals surface area contributed by atoms with E-state index in [-0.39, 0.29) is 24.7 Å². The Balaban J connectivity index is -0.0000000141. The topological polar surface area (TPSA) is 277 Å². The van der Waals surface area contributed by atoms with E-state index in [0.29, 0.717) is 0 Å². The van der Waals surface area contributed by atoms with Crippen molar-refractivity contribution < 1.29 is 78.0 Å². The van der Waals surface area contributed by atoms with Gasteiger partial charge in [-0.25, -0.2) is 0 Å². The molecule has 0 rings (SSSR count). The minimum Gasteiger partial charge on any atom is -0.554 e. The second-order valence-corrected chi connectivity index (χ2v) is 0.577. The maximum Gasteiger partial charge on any atom is 5.00 e. The van der Waals surface area contributed by atoms with Gasteiger partial charge < -0.3 is 65.6 Å². The molecule has 0 aromatic heterocycles. The van der Waals surface area contributed by atoms with Gasteiger partial charge in [0, 0.05) is 38.8 Å². The molecule has 0 saturated carbocycles. The first-order valence-corrected chi connectivity index (χ1v) is 2.83. The molecular weight excluding hydrogens is 329 g/mol. The maximum atomic E-state index is 8.25. The average Bonchev–Trinajstić information content (AvgIpc) is 2.23. The molecule has 20 heavy (non-hydrogen) atoms. The number of hydrogen-bond acceptors (Lipinski definition) is 12. The van der Waals surface area contributed by atoms with Crippen molar-refractivity contribution in [3.63, 3.8) is 0 Å². The molecule has 0 heterocycles. The van der Waals surface area contributed by atoms with E-state index in [9.17, 15) is 0 Å². The van der Waals surface area contributed by atoms with E-state index >= 15 is 0 Å². The Labute approximate surface area is 123 Å². The maximum absolute atomic E-state index is 8.25. The van der Waals surface area contributed by atoms with Gasteiger partial charge in [0.2, 0.25) is 0 Å². The van der Waals surface area contributed by atoms with E-state index in [0.717, 1.165) is 0 Å². The van der Waals surface area contributed by atoms with E-state index in [1.165, 1.54) is 0 Å². The van der Waals surface area contributed by atoms with E-state index in [1.807, 2.05) is 0 Å². The first kappa shape index (κ1) is 53.0. The summed E-state index contributed by atoms with van der Waals surface area (Å²) in [5.74, 6) is 0. The Morgan fingerprint density at radius 2 is 0.400 bits per heavy atom. The summed E-state index contributed by atoms with van der Waals surface area (Å²) in [5, 5.41) is 49.5. The van der Waals surface area contributed by atoms with Gasteiger partial charge in [0.1, 0.15) is 0 Å². The quantitative estimate of drug-likeness (QED) is 0.402. The average molecular weight is 339 g/mol. The van der Waals surface area contributed by atoms with Crippen molar-refractivity contribution in [2.75, 3.05) is 0 Å². The van der Waals surface area contributed by atoms with Gasteiger partial charge in [-0.3, -0.25) is 0 Å². The fourth-order valence-electron chi connectivity index (χ4n) is 0. The van der Waals surface area contributed by atoms with E-state index in [1.54, 1.807) is 0 Å². The molecule has 0 bridgehead atoms. The number of hydrogen-bond donors (Lipinski definition) is 1. The van der Waals surface area contributed by atoms with Crippen LogP contribution in [0.2, 0.25) is 0 Å². The molecule has 0 aliphatic rings. The fourth-order valence-corrected chi connectivity index (χ4v) is 0. The zero-order chi connectivity index (χ0) is 16.2. The molecule has 0 atom stereocenters. The normalized spacial score (nSPS) is 3.60. The summed E-state index contributed by atoms with van der Waals surface area (Å²) < 4.78 is 0. The third kappa shape index (κ3) is 456. The molecule has 0 spiro atoms. The molecular formula is C6H10NO12V. The molecule has 14 heteroatoms. The van der Waals surface area contributed by atoms with Crippen LogP contribution in [0.1, 0.15) is 0 Å². The van der Waals surface area contributed by atoms with E-state index < -0.39 is 38.8 Å². The zero-order valence-electron chi connectivity index (χ0n) is 9.81. The Kier molecular flexibility index (Phi) is 905. The molecule has 13 nitrogen and oxygen atoms in total. The van der Waals surface area contributed by atoms with Crippen molar-refractivity contribution in [1.29, 1.82) is 0 Å².